The molecule has 0 heterocycles. The molecule has 1 atom stereocenters. The lowest BCUT2D eigenvalue weighted by atomic mass is 10.2. The van der Waals surface area contributed by atoms with Gasteiger partial charge in [0.05, 0.1) is 12.7 Å². The third-order valence-electron chi connectivity index (χ3n) is 1.33. The Labute approximate surface area is 82.7 Å². The van der Waals surface area contributed by atoms with E-state index in [1.807, 2.05) is 0 Å². The van der Waals surface area contributed by atoms with Crippen LogP contribution in [0, 0.1) is 0 Å². The van der Waals surface area contributed by atoms with E-state index in [-0.39, 0.29) is 18.1 Å². The third kappa shape index (κ3) is 5.44. The number of esters is 1. The lowest BCUT2D eigenvalue weighted by Crippen LogP contribution is -2.13. The minimum Gasteiger partial charge on any atom is -0.462 e. The predicted molar refractivity (Wildman–Crippen MR) is 51.4 cm³/mol. The molecule has 0 saturated carbocycles. The molecule has 13 heavy (non-hydrogen) atoms. The monoisotopic (exact) mass is 204 g/mol. The first-order valence-electron chi connectivity index (χ1n) is 3.80. The van der Waals surface area contributed by atoms with Gasteiger partial charge >= 0.3 is 5.97 Å². The number of aliphatic hydroxyl groups excluding tert-OH is 1. The number of carbonyl (C=O) groups excluding carboxylic acids is 1. The van der Waals surface area contributed by atoms with E-state index in [0.717, 1.165) is 0 Å². The molecule has 3 nitrogen and oxygen atoms in total. The Balaban J connectivity index is 3.62. The van der Waals surface area contributed by atoms with Crippen LogP contribution in [-0.4, -0.2) is 23.8 Å². The van der Waals surface area contributed by atoms with Crippen LogP contribution in [0.5, 0.6) is 0 Å². The molecule has 0 aliphatic rings. The van der Waals surface area contributed by atoms with E-state index >= 15 is 0 Å². The van der Waals surface area contributed by atoms with Crippen LogP contribution in [0.3, 0.4) is 0 Å². The Bertz CT molecular complexity index is 223. The van der Waals surface area contributed by atoms with Gasteiger partial charge in [0, 0.05) is 17.0 Å². The largest absolute Gasteiger partial charge is 0.462 e. The maximum Gasteiger partial charge on any atom is 0.333 e. The van der Waals surface area contributed by atoms with Crippen molar-refractivity contribution in [3.05, 3.63) is 23.8 Å². The Morgan fingerprint density at radius 1 is 1.62 bits per heavy atom. The Morgan fingerprint density at radius 2 is 2.15 bits per heavy atom. The maximum atomic E-state index is 10.8. The van der Waals surface area contributed by atoms with Gasteiger partial charge in [-0.3, -0.25) is 0 Å². The summed E-state index contributed by atoms with van der Waals surface area (Å²) in [6.07, 6.45) is -0.582. The van der Waals surface area contributed by atoms with Crippen molar-refractivity contribution < 1.29 is 14.6 Å². The second-order valence-electron chi connectivity index (χ2n) is 2.67. The summed E-state index contributed by atoms with van der Waals surface area (Å²) in [7, 11) is 0. The number of hydrogen-bond acceptors (Lipinski definition) is 3. The molecule has 0 aliphatic carbocycles. The Hall–Kier alpha value is -0.800. The van der Waals surface area contributed by atoms with Crippen LogP contribution in [0.15, 0.2) is 23.8 Å². The Morgan fingerprint density at radius 3 is 2.54 bits per heavy atom. The van der Waals surface area contributed by atoms with Crippen molar-refractivity contribution in [2.45, 2.75) is 19.4 Å². The summed E-state index contributed by atoms with van der Waals surface area (Å²) in [6.45, 7) is 8.42. The molecule has 0 aromatic rings. The molecule has 0 saturated heterocycles. The van der Waals surface area contributed by atoms with Crippen LogP contribution >= 0.6 is 11.6 Å². The van der Waals surface area contributed by atoms with E-state index < -0.39 is 12.1 Å². The van der Waals surface area contributed by atoms with Gasteiger partial charge in [-0.1, -0.05) is 24.8 Å². The summed E-state index contributed by atoms with van der Waals surface area (Å²) < 4.78 is 4.73. The molecule has 0 aromatic carbocycles. The average molecular weight is 205 g/mol. The molecular formula is C9H13ClO3. The fourth-order valence-electron chi connectivity index (χ4n) is 0.543. The van der Waals surface area contributed by atoms with Crippen LogP contribution in [0.25, 0.3) is 0 Å². The minimum absolute atomic E-state index is 0.110. The second kappa shape index (κ2) is 5.78. The molecule has 1 unspecified atom stereocenters. The first-order chi connectivity index (χ1) is 5.95. The molecule has 0 rings (SSSR count). The predicted octanol–water partition coefficient (Wildman–Crippen LogP) is 1.61. The van der Waals surface area contributed by atoms with E-state index in [9.17, 15) is 4.79 Å². The van der Waals surface area contributed by atoms with Crippen LogP contribution in [0.2, 0.25) is 0 Å². The van der Waals surface area contributed by atoms with Gasteiger partial charge in [0.1, 0.15) is 0 Å². The van der Waals surface area contributed by atoms with Crippen molar-refractivity contribution in [2.75, 3.05) is 6.61 Å². The van der Waals surface area contributed by atoms with Gasteiger partial charge in [0.15, 0.2) is 0 Å². The summed E-state index contributed by atoms with van der Waals surface area (Å²) in [4.78, 5) is 10.8. The molecule has 74 valence electrons. The molecule has 0 radical (unpaired) electrons. The SMILES string of the molecule is C=C(C)C(=O)OCCC(O)C(=C)Cl. The molecule has 0 amide bonds. The molecule has 4 heteroatoms. The Kier molecular flexibility index (Phi) is 5.42. The van der Waals surface area contributed by atoms with Gasteiger partial charge < -0.3 is 9.84 Å². The van der Waals surface area contributed by atoms with E-state index in [0.29, 0.717) is 5.57 Å². The molecule has 1 N–H and O–H groups in total. The summed E-state index contributed by atoms with van der Waals surface area (Å²) in [5, 5.41) is 9.28. The maximum absolute atomic E-state index is 10.8. The highest BCUT2D eigenvalue weighted by molar-refractivity contribution is 6.29. The van der Waals surface area contributed by atoms with Crippen molar-refractivity contribution in [1.82, 2.24) is 0 Å². The standard InChI is InChI=1S/C9H13ClO3/c1-6(2)9(12)13-5-4-8(11)7(3)10/h8,11H,1,3-5H2,2H3. The zero-order chi connectivity index (χ0) is 10.4. The number of halogens is 1. The normalized spacial score (nSPS) is 11.9. The van der Waals surface area contributed by atoms with Gasteiger partial charge in [-0.25, -0.2) is 4.79 Å². The number of rotatable bonds is 5. The lowest BCUT2D eigenvalue weighted by molar-refractivity contribution is -0.139. The van der Waals surface area contributed by atoms with Gasteiger partial charge in [0.2, 0.25) is 0 Å². The average Bonchev–Trinajstić information content (AvgIpc) is 2.03. The van der Waals surface area contributed by atoms with Gasteiger partial charge in [-0.2, -0.15) is 0 Å². The lowest BCUT2D eigenvalue weighted by Gasteiger charge is -2.08. The van der Waals surface area contributed by atoms with Gasteiger partial charge in [-0.05, 0) is 6.92 Å². The van der Waals surface area contributed by atoms with Crippen molar-refractivity contribution in [2.24, 2.45) is 0 Å². The molecule has 0 aliphatic heterocycles. The van der Waals surface area contributed by atoms with Crippen molar-refractivity contribution in [1.29, 1.82) is 0 Å². The van der Waals surface area contributed by atoms with Crippen molar-refractivity contribution >= 4 is 17.6 Å². The van der Waals surface area contributed by atoms with Crippen LogP contribution in [0.1, 0.15) is 13.3 Å². The topological polar surface area (TPSA) is 46.5 Å². The number of hydrogen-bond donors (Lipinski definition) is 1. The van der Waals surface area contributed by atoms with Gasteiger partial charge in [0.25, 0.3) is 0 Å². The molecule has 0 spiro atoms. The number of ether oxygens (including phenoxy) is 1. The smallest absolute Gasteiger partial charge is 0.333 e. The summed E-state index contributed by atoms with van der Waals surface area (Å²) >= 11 is 5.40. The second-order valence-corrected chi connectivity index (χ2v) is 3.15. The molecule has 0 fully saturated rings. The van der Waals surface area contributed by atoms with E-state index in [4.69, 9.17) is 21.4 Å². The van der Waals surface area contributed by atoms with E-state index in [1.54, 1.807) is 6.92 Å². The van der Waals surface area contributed by atoms with E-state index in [2.05, 4.69) is 13.2 Å². The summed E-state index contributed by atoms with van der Waals surface area (Å²) in [5.74, 6) is -0.465. The quantitative estimate of drug-likeness (QED) is 0.547. The van der Waals surface area contributed by atoms with Crippen LogP contribution in [0.4, 0.5) is 0 Å². The minimum atomic E-state index is -0.834. The first-order valence-corrected chi connectivity index (χ1v) is 4.18. The van der Waals surface area contributed by atoms with Crippen LogP contribution < -0.4 is 0 Å². The molecule has 0 aromatic heterocycles. The number of carbonyl (C=O) groups is 1. The fraction of sp³-hybridized carbons (Fsp3) is 0.444. The van der Waals surface area contributed by atoms with E-state index in [1.165, 1.54) is 0 Å². The highest BCUT2D eigenvalue weighted by Gasteiger charge is 2.08. The highest BCUT2D eigenvalue weighted by atomic mass is 35.5. The molecule has 0 bridgehead atoms. The first kappa shape index (κ1) is 12.2. The zero-order valence-electron chi connectivity index (χ0n) is 7.55. The van der Waals surface area contributed by atoms with Crippen molar-refractivity contribution in [3.8, 4) is 0 Å². The highest BCUT2D eigenvalue weighted by Crippen LogP contribution is 2.08. The number of aliphatic hydroxyl groups is 1. The molecular weight excluding hydrogens is 192 g/mol. The fourth-order valence-corrected chi connectivity index (χ4v) is 0.652. The summed E-state index contributed by atoms with van der Waals surface area (Å²) in [5.41, 5.74) is 0.333. The summed E-state index contributed by atoms with van der Waals surface area (Å²) in [6, 6.07) is 0. The van der Waals surface area contributed by atoms with Crippen LogP contribution in [-0.2, 0) is 9.53 Å². The third-order valence-corrected chi connectivity index (χ3v) is 1.59. The van der Waals surface area contributed by atoms with Crippen molar-refractivity contribution in [3.63, 3.8) is 0 Å². The van der Waals surface area contributed by atoms with Gasteiger partial charge in [-0.15, -0.1) is 0 Å². The zero-order valence-corrected chi connectivity index (χ0v) is 8.30.